The SMILES string of the molecule is O=C(O[C@H]1CCC[C@@H]1O)c1ccc(C(F)(F)F)cc1. The van der Waals surface area contributed by atoms with E-state index in [4.69, 9.17) is 4.74 Å². The maximum atomic E-state index is 12.4. The van der Waals surface area contributed by atoms with Crippen molar-refractivity contribution >= 4 is 5.97 Å². The Labute approximate surface area is 108 Å². The van der Waals surface area contributed by atoms with Crippen LogP contribution < -0.4 is 0 Å². The van der Waals surface area contributed by atoms with Crippen molar-refractivity contribution in [1.82, 2.24) is 0 Å². The molecule has 1 aliphatic rings. The number of carbonyl (C=O) groups is 1. The van der Waals surface area contributed by atoms with Crippen LogP contribution in [0, 0.1) is 0 Å². The van der Waals surface area contributed by atoms with E-state index >= 15 is 0 Å². The van der Waals surface area contributed by atoms with Crippen molar-refractivity contribution in [3.05, 3.63) is 35.4 Å². The number of esters is 1. The third-order valence-corrected chi connectivity index (χ3v) is 3.12. The Bertz CT molecular complexity index is 453. The highest BCUT2D eigenvalue weighted by atomic mass is 19.4. The summed E-state index contributed by atoms with van der Waals surface area (Å²) in [4.78, 5) is 11.7. The molecule has 2 atom stereocenters. The maximum Gasteiger partial charge on any atom is 0.416 e. The molecular formula is C13H13F3O3. The summed E-state index contributed by atoms with van der Waals surface area (Å²) in [7, 11) is 0. The molecule has 1 fully saturated rings. The Hall–Kier alpha value is -1.56. The van der Waals surface area contributed by atoms with Gasteiger partial charge in [0.05, 0.1) is 17.2 Å². The van der Waals surface area contributed by atoms with Crippen LogP contribution in [0.1, 0.15) is 35.2 Å². The first-order chi connectivity index (χ1) is 8.88. The summed E-state index contributed by atoms with van der Waals surface area (Å²) in [5.41, 5.74) is -0.767. The van der Waals surface area contributed by atoms with Crippen molar-refractivity contribution in [2.24, 2.45) is 0 Å². The molecule has 0 saturated heterocycles. The molecule has 1 aromatic rings. The van der Waals surface area contributed by atoms with Gasteiger partial charge >= 0.3 is 12.1 Å². The Kier molecular flexibility index (Phi) is 3.80. The van der Waals surface area contributed by atoms with Gasteiger partial charge in [-0.2, -0.15) is 13.2 Å². The molecule has 0 heterocycles. The van der Waals surface area contributed by atoms with Crippen LogP contribution in [0.25, 0.3) is 0 Å². The van der Waals surface area contributed by atoms with Crippen LogP contribution in [-0.4, -0.2) is 23.3 Å². The first kappa shape index (κ1) is 13.9. The minimum atomic E-state index is -4.43. The van der Waals surface area contributed by atoms with Gasteiger partial charge in [0.2, 0.25) is 0 Å². The van der Waals surface area contributed by atoms with Crippen molar-refractivity contribution in [1.29, 1.82) is 0 Å². The third kappa shape index (κ3) is 3.26. The largest absolute Gasteiger partial charge is 0.456 e. The molecule has 19 heavy (non-hydrogen) atoms. The predicted molar refractivity (Wildman–Crippen MR) is 60.5 cm³/mol. The van der Waals surface area contributed by atoms with Gasteiger partial charge in [-0.3, -0.25) is 0 Å². The van der Waals surface area contributed by atoms with E-state index < -0.39 is 29.9 Å². The number of rotatable bonds is 2. The number of carbonyl (C=O) groups excluding carboxylic acids is 1. The zero-order valence-corrected chi connectivity index (χ0v) is 9.98. The minimum absolute atomic E-state index is 0.0482. The van der Waals surface area contributed by atoms with E-state index in [1.54, 1.807) is 0 Å². The molecule has 1 N–H and O–H groups in total. The molecule has 1 saturated carbocycles. The van der Waals surface area contributed by atoms with E-state index in [0.29, 0.717) is 12.8 Å². The molecule has 104 valence electrons. The number of aliphatic hydroxyl groups excluding tert-OH is 1. The summed E-state index contributed by atoms with van der Waals surface area (Å²) >= 11 is 0. The summed E-state index contributed by atoms with van der Waals surface area (Å²) in [6, 6.07) is 3.82. The van der Waals surface area contributed by atoms with Gasteiger partial charge in [-0.15, -0.1) is 0 Å². The molecular weight excluding hydrogens is 261 g/mol. The zero-order chi connectivity index (χ0) is 14.0. The number of ether oxygens (including phenoxy) is 1. The average molecular weight is 274 g/mol. The van der Waals surface area contributed by atoms with Gasteiger partial charge in [-0.05, 0) is 43.5 Å². The van der Waals surface area contributed by atoms with E-state index in [1.807, 2.05) is 0 Å². The van der Waals surface area contributed by atoms with Crippen molar-refractivity contribution < 1.29 is 27.8 Å². The normalized spacial score (nSPS) is 23.4. The lowest BCUT2D eigenvalue weighted by molar-refractivity contribution is -0.137. The molecule has 2 rings (SSSR count). The number of hydrogen-bond acceptors (Lipinski definition) is 3. The highest BCUT2D eigenvalue weighted by molar-refractivity contribution is 5.89. The first-order valence-electron chi connectivity index (χ1n) is 5.94. The Morgan fingerprint density at radius 1 is 1.21 bits per heavy atom. The number of aliphatic hydroxyl groups is 1. The van der Waals surface area contributed by atoms with Gasteiger partial charge in [0, 0.05) is 0 Å². The zero-order valence-electron chi connectivity index (χ0n) is 9.98. The van der Waals surface area contributed by atoms with Gasteiger partial charge in [0.1, 0.15) is 6.10 Å². The molecule has 1 aromatic carbocycles. The standard InChI is InChI=1S/C13H13F3O3/c14-13(15,16)9-6-4-8(5-7-9)12(18)19-11-3-1-2-10(11)17/h4-7,10-11,17H,1-3H2/t10-,11-/m0/s1. The third-order valence-electron chi connectivity index (χ3n) is 3.12. The number of benzene rings is 1. The van der Waals surface area contributed by atoms with Gasteiger partial charge < -0.3 is 9.84 Å². The van der Waals surface area contributed by atoms with Crippen molar-refractivity contribution in [3.8, 4) is 0 Å². The Morgan fingerprint density at radius 2 is 1.84 bits per heavy atom. The van der Waals surface area contributed by atoms with Crippen LogP contribution in [0.15, 0.2) is 24.3 Å². The molecule has 0 radical (unpaired) electrons. The highest BCUT2D eigenvalue weighted by Gasteiger charge is 2.31. The smallest absolute Gasteiger partial charge is 0.416 e. The van der Waals surface area contributed by atoms with Crippen LogP contribution >= 0.6 is 0 Å². The second kappa shape index (κ2) is 5.21. The van der Waals surface area contributed by atoms with Crippen molar-refractivity contribution in [2.75, 3.05) is 0 Å². The molecule has 0 unspecified atom stereocenters. The van der Waals surface area contributed by atoms with Crippen LogP contribution in [0.3, 0.4) is 0 Å². The Morgan fingerprint density at radius 3 is 2.32 bits per heavy atom. The lowest BCUT2D eigenvalue weighted by atomic mass is 10.1. The molecule has 1 aliphatic carbocycles. The van der Waals surface area contributed by atoms with E-state index in [1.165, 1.54) is 0 Å². The van der Waals surface area contributed by atoms with Gasteiger partial charge in [-0.25, -0.2) is 4.79 Å². The molecule has 0 aromatic heterocycles. The van der Waals surface area contributed by atoms with E-state index in [0.717, 1.165) is 30.7 Å². The highest BCUT2D eigenvalue weighted by Crippen LogP contribution is 2.29. The van der Waals surface area contributed by atoms with E-state index in [2.05, 4.69) is 0 Å². The fraction of sp³-hybridized carbons (Fsp3) is 0.462. The minimum Gasteiger partial charge on any atom is -0.456 e. The molecule has 0 bridgehead atoms. The second-order valence-electron chi connectivity index (χ2n) is 4.52. The molecule has 6 heteroatoms. The average Bonchev–Trinajstić information content (AvgIpc) is 2.74. The monoisotopic (exact) mass is 274 g/mol. The molecule has 0 amide bonds. The van der Waals surface area contributed by atoms with Crippen LogP contribution in [-0.2, 0) is 10.9 Å². The van der Waals surface area contributed by atoms with Crippen molar-refractivity contribution in [2.45, 2.75) is 37.6 Å². The van der Waals surface area contributed by atoms with Gasteiger partial charge in [0.15, 0.2) is 0 Å². The van der Waals surface area contributed by atoms with E-state index in [-0.39, 0.29) is 5.56 Å². The predicted octanol–water partition coefficient (Wildman–Crippen LogP) is 2.78. The Balaban J connectivity index is 2.03. The summed E-state index contributed by atoms with van der Waals surface area (Å²) in [5.74, 6) is -0.709. The second-order valence-corrected chi connectivity index (χ2v) is 4.52. The molecule has 3 nitrogen and oxygen atoms in total. The van der Waals surface area contributed by atoms with Crippen LogP contribution in [0.5, 0.6) is 0 Å². The number of halogens is 3. The fourth-order valence-corrected chi connectivity index (χ4v) is 2.04. The summed E-state index contributed by atoms with van der Waals surface area (Å²) < 4.78 is 42.1. The van der Waals surface area contributed by atoms with E-state index in [9.17, 15) is 23.1 Å². The van der Waals surface area contributed by atoms with Crippen molar-refractivity contribution in [3.63, 3.8) is 0 Å². The molecule has 0 aliphatic heterocycles. The summed E-state index contributed by atoms with van der Waals surface area (Å²) in [6.45, 7) is 0. The topological polar surface area (TPSA) is 46.5 Å². The van der Waals surface area contributed by atoms with Crippen LogP contribution in [0.4, 0.5) is 13.2 Å². The summed E-state index contributed by atoms with van der Waals surface area (Å²) in [5, 5.41) is 9.51. The first-order valence-corrected chi connectivity index (χ1v) is 5.94. The van der Waals surface area contributed by atoms with Gasteiger partial charge in [-0.1, -0.05) is 0 Å². The lowest BCUT2D eigenvalue weighted by Crippen LogP contribution is -2.26. The lowest BCUT2D eigenvalue weighted by Gasteiger charge is -2.15. The number of alkyl halides is 3. The fourth-order valence-electron chi connectivity index (χ4n) is 2.04. The maximum absolute atomic E-state index is 12.4. The number of hydrogen-bond donors (Lipinski definition) is 1. The molecule has 0 spiro atoms. The summed E-state index contributed by atoms with van der Waals surface area (Å²) in [6.07, 6.45) is -3.75. The van der Waals surface area contributed by atoms with Gasteiger partial charge in [0.25, 0.3) is 0 Å². The van der Waals surface area contributed by atoms with Crippen LogP contribution in [0.2, 0.25) is 0 Å². The quantitative estimate of drug-likeness (QED) is 0.843.